The van der Waals surface area contributed by atoms with Gasteiger partial charge < -0.3 is 5.32 Å². The Balaban J connectivity index is 1.83. The Kier molecular flexibility index (Phi) is 5.27. The number of amides is 4. The standard InChI is InChI=1S/C19H15F4N3O3/c20-13-7-9-14(10-8-13)26-16(28)18(19(21,22)23,25-17(26)29)24-15(27)11-6-12-4-2-1-3-5-12/h1-5,7-10H,6,11H2,(H,24,27)(H,25,29). The van der Waals surface area contributed by atoms with Gasteiger partial charge >= 0.3 is 12.2 Å². The van der Waals surface area contributed by atoms with Gasteiger partial charge in [0.05, 0.1) is 5.69 Å². The zero-order valence-electron chi connectivity index (χ0n) is 14.8. The number of benzene rings is 2. The van der Waals surface area contributed by atoms with E-state index in [2.05, 4.69) is 0 Å². The molecule has 1 fully saturated rings. The number of carbonyl (C=O) groups is 3. The molecule has 2 N–H and O–H groups in total. The van der Waals surface area contributed by atoms with Crippen molar-refractivity contribution in [3.05, 3.63) is 66.0 Å². The van der Waals surface area contributed by atoms with Crippen LogP contribution in [0.3, 0.4) is 0 Å². The number of rotatable bonds is 5. The highest BCUT2D eigenvalue weighted by molar-refractivity contribution is 6.24. The summed E-state index contributed by atoms with van der Waals surface area (Å²) in [6.45, 7) is 0. The summed E-state index contributed by atoms with van der Waals surface area (Å²) in [6, 6.07) is 10.9. The van der Waals surface area contributed by atoms with Crippen LogP contribution in [0.2, 0.25) is 0 Å². The second kappa shape index (κ2) is 7.53. The molecule has 6 nitrogen and oxygen atoms in total. The van der Waals surface area contributed by atoms with E-state index in [0.29, 0.717) is 0 Å². The first-order chi connectivity index (χ1) is 13.6. The zero-order chi connectivity index (χ0) is 21.2. The lowest BCUT2D eigenvalue weighted by Gasteiger charge is -2.29. The second-order valence-corrected chi connectivity index (χ2v) is 6.33. The average Bonchev–Trinajstić information content (AvgIpc) is 2.92. The molecule has 0 spiro atoms. The number of nitrogens with zero attached hydrogens (tertiary/aromatic N) is 1. The monoisotopic (exact) mass is 409 g/mol. The minimum atomic E-state index is -5.31. The van der Waals surface area contributed by atoms with Crippen molar-refractivity contribution >= 4 is 23.5 Å². The number of hydrogen-bond acceptors (Lipinski definition) is 3. The Hall–Kier alpha value is -3.43. The van der Waals surface area contributed by atoms with E-state index in [4.69, 9.17) is 0 Å². The number of alkyl halides is 3. The summed E-state index contributed by atoms with van der Waals surface area (Å²) in [7, 11) is 0. The van der Waals surface area contributed by atoms with Crippen molar-refractivity contribution in [2.75, 3.05) is 4.90 Å². The number of carbonyl (C=O) groups excluding carboxylic acids is 3. The SMILES string of the molecule is O=C(CCc1ccccc1)NC1(C(F)(F)F)NC(=O)N(c2ccc(F)cc2)C1=O. The largest absolute Gasteiger partial charge is 0.440 e. The number of anilines is 1. The molecular formula is C19H15F4N3O3. The first-order valence-corrected chi connectivity index (χ1v) is 8.48. The van der Waals surface area contributed by atoms with Crippen LogP contribution in [0.15, 0.2) is 54.6 Å². The molecule has 2 aromatic rings. The zero-order valence-corrected chi connectivity index (χ0v) is 14.8. The van der Waals surface area contributed by atoms with Gasteiger partial charge in [0.15, 0.2) is 0 Å². The van der Waals surface area contributed by atoms with Crippen molar-refractivity contribution in [2.45, 2.75) is 24.7 Å². The van der Waals surface area contributed by atoms with Crippen LogP contribution in [0, 0.1) is 5.82 Å². The van der Waals surface area contributed by atoms with Crippen molar-refractivity contribution in [3.63, 3.8) is 0 Å². The van der Waals surface area contributed by atoms with Crippen molar-refractivity contribution in [2.24, 2.45) is 0 Å². The third kappa shape index (κ3) is 3.91. The predicted molar refractivity (Wildman–Crippen MR) is 94.1 cm³/mol. The number of aryl methyl sites for hydroxylation is 1. The number of halogens is 4. The molecule has 1 unspecified atom stereocenters. The van der Waals surface area contributed by atoms with E-state index in [0.717, 1.165) is 29.8 Å². The van der Waals surface area contributed by atoms with Gasteiger partial charge in [-0.25, -0.2) is 14.1 Å². The van der Waals surface area contributed by atoms with Crippen LogP contribution in [-0.2, 0) is 16.0 Å². The Morgan fingerprint density at radius 1 is 1.03 bits per heavy atom. The highest BCUT2D eigenvalue weighted by Gasteiger charge is 2.69. The molecule has 1 atom stereocenters. The van der Waals surface area contributed by atoms with Crippen LogP contribution >= 0.6 is 0 Å². The summed E-state index contributed by atoms with van der Waals surface area (Å²) >= 11 is 0. The van der Waals surface area contributed by atoms with Crippen molar-refractivity contribution in [1.82, 2.24) is 10.6 Å². The van der Waals surface area contributed by atoms with Crippen LogP contribution in [0.25, 0.3) is 0 Å². The van der Waals surface area contributed by atoms with Gasteiger partial charge in [-0.15, -0.1) is 0 Å². The number of urea groups is 1. The van der Waals surface area contributed by atoms with Crippen LogP contribution in [-0.4, -0.2) is 29.7 Å². The molecule has 152 valence electrons. The average molecular weight is 409 g/mol. The maximum absolute atomic E-state index is 13.8. The lowest BCUT2D eigenvalue weighted by Crippen LogP contribution is -2.69. The molecule has 0 saturated carbocycles. The molecule has 0 radical (unpaired) electrons. The molecular weight excluding hydrogens is 394 g/mol. The van der Waals surface area contributed by atoms with Gasteiger partial charge in [0, 0.05) is 6.42 Å². The van der Waals surface area contributed by atoms with E-state index in [1.54, 1.807) is 35.6 Å². The van der Waals surface area contributed by atoms with Gasteiger partial charge in [0.25, 0.3) is 11.6 Å². The third-order valence-electron chi connectivity index (χ3n) is 4.34. The molecule has 2 aromatic carbocycles. The first kappa shape index (κ1) is 20.3. The van der Waals surface area contributed by atoms with E-state index in [1.807, 2.05) is 0 Å². The lowest BCUT2D eigenvalue weighted by molar-refractivity contribution is -0.201. The molecule has 0 bridgehead atoms. The van der Waals surface area contributed by atoms with Gasteiger partial charge in [-0.1, -0.05) is 30.3 Å². The molecule has 29 heavy (non-hydrogen) atoms. The molecule has 1 heterocycles. The summed E-state index contributed by atoms with van der Waals surface area (Å²) in [6.07, 6.45) is -5.50. The van der Waals surface area contributed by atoms with Crippen LogP contribution < -0.4 is 15.5 Å². The van der Waals surface area contributed by atoms with E-state index < -0.39 is 35.5 Å². The van der Waals surface area contributed by atoms with Crippen molar-refractivity contribution in [3.8, 4) is 0 Å². The van der Waals surface area contributed by atoms with Crippen LogP contribution in [0.5, 0.6) is 0 Å². The first-order valence-electron chi connectivity index (χ1n) is 8.48. The minimum absolute atomic E-state index is 0.143. The Labute approximate surface area is 162 Å². The molecule has 4 amide bonds. The fourth-order valence-electron chi connectivity index (χ4n) is 2.88. The summed E-state index contributed by atoms with van der Waals surface area (Å²) in [5.41, 5.74) is -3.15. The van der Waals surface area contributed by atoms with Crippen molar-refractivity contribution in [1.29, 1.82) is 0 Å². The maximum atomic E-state index is 13.8. The number of imide groups is 1. The molecule has 10 heteroatoms. The van der Waals surface area contributed by atoms with Crippen LogP contribution in [0.1, 0.15) is 12.0 Å². The van der Waals surface area contributed by atoms with Gasteiger partial charge in [0.1, 0.15) is 5.82 Å². The molecule has 1 aliphatic rings. The van der Waals surface area contributed by atoms with E-state index in [9.17, 15) is 31.9 Å². The van der Waals surface area contributed by atoms with E-state index in [-0.39, 0.29) is 23.4 Å². The topological polar surface area (TPSA) is 78.5 Å². The fraction of sp³-hybridized carbons (Fsp3) is 0.211. The maximum Gasteiger partial charge on any atom is 0.440 e. The highest BCUT2D eigenvalue weighted by atomic mass is 19.4. The highest BCUT2D eigenvalue weighted by Crippen LogP contribution is 2.35. The smallest absolute Gasteiger partial charge is 0.318 e. The summed E-state index contributed by atoms with van der Waals surface area (Å²) < 4.78 is 54.4. The molecule has 1 saturated heterocycles. The molecule has 0 aromatic heterocycles. The lowest BCUT2D eigenvalue weighted by atomic mass is 10.1. The number of hydrogen-bond donors (Lipinski definition) is 2. The quantitative estimate of drug-likeness (QED) is 0.589. The van der Waals surface area contributed by atoms with Crippen LogP contribution in [0.4, 0.5) is 28.0 Å². The number of nitrogens with one attached hydrogen (secondary N) is 2. The van der Waals surface area contributed by atoms with E-state index >= 15 is 0 Å². The second-order valence-electron chi connectivity index (χ2n) is 6.33. The predicted octanol–water partition coefficient (Wildman–Crippen LogP) is 2.89. The van der Waals surface area contributed by atoms with Gasteiger partial charge in [-0.05, 0) is 36.2 Å². The van der Waals surface area contributed by atoms with Gasteiger partial charge in [-0.2, -0.15) is 13.2 Å². The Morgan fingerprint density at radius 2 is 1.66 bits per heavy atom. The molecule has 3 rings (SSSR count). The normalized spacial score (nSPS) is 19.2. The summed E-state index contributed by atoms with van der Waals surface area (Å²) in [5, 5.41) is 3.17. The molecule has 1 aliphatic heterocycles. The van der Waals surface area contributed by atoms with Crippen molar-refractivity contribution < 1.29 is 31.9 Å². The van der Waals surface area contributed by atoms with Gasteiger partial charge in [-0.3, -0.25) is 14.9 Å². The fourth-order valence-corrected chi connectivity index (χ4v) is 2.88. The minimum Gasteiger partial charge on any atom is -0.318 e. The summed E-state index contributed by atoms with van der Waals surface area (Å²) in [4.78, 5) is 37.1. The molecule has 0 aliphatic carbocycles. The Morgan fingerprint density at radius 3 is 2.24 bits per heavy atom. The summed E-state index contributed by atoms with van der Waals surface area (Å²) in [5.74, 6) is -3.49. The third-order valence-corrected chi connectivity index (χ3v) is 4.34. The van der Waals surface area contributed by atoms with Gasteiger partial charge in [0.2, 0.25) is 5.91 Å². The Bertz CT molecular complexity index is 932. The van der Waals surface area contributed by atoms with E-state index in [1.165, 1.54) is 5.32 Å².